The normalized spacial score (nSPS) is 18.4. The van der Waals surface area contributed by atoms with Gasteiger partial charge in [-0.05, 0) is 31.5 Å². The van der Waals surface area contributed by atoms with E-state index in [2.05, 4.69) is 12.2 Å². The minimum atomic E-state index is 0.148. The summed E-state index contributed by atoms with van der Waals surface area (Å²) in [4.78, 5) is 14.1. The molecule has 0 radical (unpaired) electrons. The average Bonchev–Trinajstić information content (AvgIpc) is 2.49. The van der Waals surface area contributed by atoms with E-state index in [1.54, 1.807) is 7.11 Å². The third kappa shape index (κ3) is 4.11. The quantitative estimate of drug-likeness (QED) is 0.895. The van der Waals surface area contributed by atoms with Crippen molar-refractivity contribution in [2.45, 2.75) is 26.3 Å². The zero-order valence-electron chi connectivity index (χ0n) is 13.0. The van der Waals surface area contributed by atoms with Crippen LogP contribution in [-0.4, -0.2) is 50.2 Å². The minimum absolute atomic E-state index is 0.148. The Morgan fingerprint density at radius 3 is 2.95 bits per heavy atom. The van der Waals surface area contributed by atoms with Crippen molar-refractivity contribution in [1.29, 1.82) is 0 Å². The number of nitrogens with one attached hydrogen (secondary N) is 1. The summed E-state index contributed by atoms with van der Waals surface area (Å²) in [7, 11) is 1.62. The predicted molar refractivity (Wildman–Crippen MR) is 81.9 cm³/mol. The second-order valence-electron chi connectivity index (χ2n) is 5.39. The molecule has 1 atom stereocenters. The van der Waals surface area contributed by atoms with Gasteiger partial charge in [0.2, 0.25) is 5.91 Å². The maximum atomic E-state index is 12.2. The molecule has 0 spiro atoms. The van der Waals surface area contributed by atoms with Crippen molar-refractivity contribution >= 4 is 5.91 Å². The van der Waals surface area contributed by atoms with E-state index in [1.165, 1.54) is 0 Å². The third-order valence-corrected chi connectivity index (χ3v) is 3.71. The maximum absolute atomic E-state index is 12.2. The van der Waals surface area contributed by atoms with Crippen LogP contribution in [0.4, 0.5) is 0 Å². The number of piperazine rings is 1. The summed E-state index contributed by atoms with van der Waals surface area (Å²) < 4.78 is 11.0. The number of carbonyl (C=O) groups is 1. The van der Waals surface area contributed by atoms with E-state index >= 15 is 0 Å². The molecule has 1 aliphatic heterocycles. The first-order valence-corrected chi connectivity index (χ1v) is 7.39. The molecule has 0 saturated carbocycles. The van der Waals surface area contributed by atoms with Crippen LogP contribution in [0.25, 0.3) is 0 Å². The molecule has 1 heterocycles. The molecule has 116 valence electrons. The molecule has 1 unspecified atom stereocenters. The molecular weight excluding hydrogens is 268 g/mol. The first-order valence-electron chi connectivity index (χ1n) is 7.39. The monoisotopic (exact) mass is 292 g/mol. The summed E-state index contributed by atoms with van der Waals surface area (Å²) in [6.45, 7) is 6.93. The van der Waals surface area contributed by atoms with E-state index in [4.69, 9.17) is 9.47 Å². The molecule has 2 rings (SSSR count). The summed E-state index contributed by atoms with van der Waals surface area (Å²) in [5, 5.41) is 3.28. The number of methoxy groups -OCH3 is 1. The Morgan fingerprint density at radius 1 is 1.43 bits per heavy atom. The number of amides is 1. The molecule has 1 aliphatic rings. The Bertz CT molecular complexity index is 490. The highest BCUT2D eigenvalue weighted by Gasteiger charge is 2.22. The average molecular weight is 292 g/mol. The van der Waals surface area contributed by atoms with Crippen LogP contribution in [0.3, 0.4) is 0 Å². The van der Waals surface area contributed by atoms with Crippen molar-refractivity contribution in [2.75, 3.05) is 33.4 Å². The molecule has 1 aromatic rings. The van der Waals surface area contributed by atoms with E-state index in [-0.39, 0.29) is 11.9 Å². The van der Waals surface area contributed by atoms with Gasteiger partial charge in [-0.15, -0.1) is 0 Å². The minimum Gasteiger partial charge on any atom is -0.493 e. The van der Waals surface area contributed by atoms with Gasteiger partial charge in [0.15, 0.2) is 11.5 Å². The molecule has 21 heavy (non-hydrogen) atoms. The summed E-state index contributed by atoms with van der Waals surface area (Å²) in [6, 6.07) is 6.03. The van der Waals surface area contributed by atoms with Gasteiger partial charge in [-0.25, -0.2) is 0 Å². The number of benzene rings is 1. The lowest BCUT2D eigenvalue weighted by molar-refractivity contribution is -0.134. The van der Waals surface area contributed by atoms with E-state index in [9.17, 15) is 4.79 Å². The van der Waals surface area contributed by atoms with Gasteiger partial charge in [-0.3, -0.25) is 4.79 Å². The number of hydrogen-bond acceptors (Lipinski definition) is 4. The zero-order chi connectivity index (χ0) is 15.2. The van der Waals surface area contributed by atoms with Crippen molar-refractivity contribution in [3.63, 3.8) is 0 Å². The Hall–Kier alpha value is -1.75. The third-order valence-electron chi connectivity index (χ3n) is 3.71. The van der Waals surface area contributed by atoms with Crippen LogP contribution in [-0.2, 0) is 4.79 Å². The molecule has 1 N–H and O–H groups in total. The lowest BCUT2D eigenvalue weighted by Crippen LogP contribution is -2.52. The SMILES string of the molecule is COc1cc(C)ccc1OCCC(=O)N1CCNCC1C. The molecule has 1 aromatic carbocycles. The summed E-state index contributed by atoms with van der Waals surface area (Å²) >= 11 is 0. The van der Waals surface area contributed by atoms with Gasteiger partial charge in [0.1, 0.15) is 0 Å². The van der Waals surface area contributed by atoms with Gasteiger partial charge >= 0.3 is 0 Å². The first-order chi connectivity index (χ1) is 10.1. The van der Waals surface area contributed by atoms with Crippen molar-refractivity contribution in [3.8, 4) is 11.5 Å². The fourth-order valence-electron chi connectivity index (χ4n) is 2.50. The number of hydrogen-bond donors (Lipinski definition) is 1. The van der Waals surface area contributed by atoms with Gasteiger partial charge in [-0.1, -0.05) is 6.07 Å². The van der Waals surface area contributed by atoms with Gasteiger partial charge in [0, 0.05) is 25.7 Å². The van der Waals surface area contributed by atoms with Crippen LogP contribution in [0, 0.1) is 6.92 Å². The van der Waals surface area contributed by atoms with Crippen LogP contribution >= 0.6 is 0 Å². The second kappa shape index (κ2) is 7.31. The van der Waals surface area contributed by atoms with Gasteiger partial charge in [0.05, 0.1) is 20.1 Å². The highest BCUT2D eigenvalue weighted by atomic mass is 16.5. The molecule has 5 heteroatoms. The fraction of sp³-hybridized carbons (Fsp3) is 0.562. The summed E-state index contributed by atoms with van der Waals surface area (Å²) in [6.07, 6.45) is 0.390. The molecule has 5 nitrogen and oxygen atoms in total. The standard InChI is InChI=1S/C16H24N2O3/c1-12-4-5-14(15(10-12)20-3)21-9-6-16(19)18-8-7-17-11-13(18)2/h4-5,10,13,17H,6-9,11H2,1-3H3. The van der Waals surface area contributed by atoms with Crippen molar-refractivity contribution in [2.24, 2.45) is 0 Å². The summed E-state index contributed by atoms with van der Waals surface area (Å²) in [5.41, 5.74) is 1.12. The molecular formula is C16H24N2O3. The molecule has 0 aromatic heterocycles. The first kappa shape index (κ1) is 15.6. The largest absolute Gasteiger partial charge is 0.493 e. The molecule has 1 fully saturated rings. The molecule has 0 bridgehead atoms. The van der Waals surface area contributed by atoms with E-state index in [0.29, 0.717) is 24.5 Å². The van der Waals surface area contributed by atoms with E-state index in [0.717, 1.165) is 25.2 Å². The number of rotatable bonds is 5. The van der Waals surface area contributed by atoms with Crippen LogP contribution < -0.4 is 14.8 Å². The topological polar surface area (TPSA) is 50.8 Å². The van der Waals surface area contributed by atoms with Crippen LogP contribution in [0.1, 0.15) is 18.9 Å². The van der Waals surface area contributed by atoms with Gasteiger partial charge < -0.3 is 19.7 Å². The number of nitrogens with zero attached hydrogens (tertiary/aromatic N) is 1. The van der Waals surface area contributed by atoms with Gasteiger partial charge in [-0.2, -0.15) is 0 Å². The smallest absolute Gasteiger partial charge is 0.226 e. The van der Waals surface area contributed by atoms with Crippen LogP contribution in [0.5, 0.6) is 11.5 Å². The second-order valence-corrected chi connectivity index (χ2v) is 5.39. The number of aryl methyl sites for hydroxylation is 1. The van der Waals surface area contributed by atoms with E-state index in [1.807, 2.05) is 30.0 Å². The zero-order valence-corrected chi connectivity index (χ0v) is 13.0. The van der Waals surface area contributed by atoms with Crippen LogP contribution in [0.2, 0.25) is 0 Å². The highest BCUT2D eigenvalue weighted by Crippen LogP contribution is 2.27. The Balaban J connectivity index is 1.85. The Labute approximate surface area is 126 Å². The molecule has 1 saturated heterocycles. The lowest BCUT2D eigenvalue weighted by atomic mass is 10.2. The summed E-state index contributed by atoms with van der Waals surface area (Å²) in [5.74, 6) is 1.54. The predicted octanol–water partition coefficient (Wildman–Crippen LogP) is 1.59. The van der Waals surface area contributed by atoms with E-state index < -0.39 is 0 Å². The Kier molecular flexibility index (Phi) is 5.44. The fourth-order valence-corrected chi connectivity index (χ4v) is 2.50. The number of ether oxygens (including phenoxy) is 2. The van der Waals surface area contributed by atoms with Crippen molar-refractivity contribution in [3.05, 3.63) is 23.8 Å². The maximum Gasteiger partial charge on any atom is 0.226 e. The molecule has 1 amide bonds. The van der Waals surface area contributed by atoms with Crippen molar-refractivity contribution < 1.29 is 14.3 Å². The lowest BCUT2D eigenvalue weighted by Gasteiger charge is -2.34. The van der Waals surface area contributed by atoms with Crippen LogP contribution in [0.15, 0.2) is 18.2 Å². The Morgan fingerprint density at radius 2 is 2.24 bits per heavy atom. The highest BCUT2D eigenvalue weighted by molar-refractivity contribution is 5.76. The molecule has 0 aliphatic carbocycles. The van der Waals surface area contributed by atoms with Gasteiger partial charge in [0.25, 0.3) is 0 Å². The van der Waals surface area contributed by atoms with Crippen molar-refractivity contribution in [1.82, 2.24) is 10.2 Å². The number of carbonyl (C=O) groups excluding carboxylic acids is 1.